The Labute approximate surface area is 184 Å². The van der Waals surface area contributed by atoms with E-state index in [4.69, 9.17) is 9.47 Å². The summed E-state index contributed by atoms with van der Waals surface area (Å²) < 4.78 is 13.4. The maximum Gasteiger partial charge on any atom is 0.167 e. The van der Waals surface area contributed by atoms with E-state index in [2.05, 4.69) is 32.4 Å². The first-order chi connectivity index (χ1) is 15.7. The van der Waals surface area contributed by atoms with Gasteiger partial charge in [-0.2, -0.15) is 0 Å². The van der Waals surface area contributed by atoms with Crippen molar-refractivity contribution in [3.8, 4) is 0 Å². The molecule has 10 nitrogen and oxygen atoms in total. The number of anilines is 1. The van der Waals surface area contributed by atoms with Crippen molar-refractivity contribution in [2.24, 2.45) is 0 Å². The van der Waals surface area contributed by atoms with Crippen molar-refractivity contribution in [2.75, 3.05) is 11.9 Å². The van der Waals surface area contributed by atoms with Gasteiger partial charge in [-0.1, -0.05) is 30.3 Å². The lowest BCUT2D eigenvalue weighted by atomic mass is 10.1. The van der Waals surface area contributed by atoms with Gasteiger partial charge in [-0.15, -0.1) is 0 Å². The summed E-state index contributed by atoms with van der Waals surface area (Å²) in [7, 11) is 0. The fraction of sp³-hybridized carbons (Fsp3) is 0.500. The Morgan fingerprint density at radius 3 is 2.72 bits per heavy atom. The molecule has 0 spiro atoms. The maximum absolute atomic E-state index is 10.4. The zero-order chi connectivity index (χ0) is 22.1. The zero-order valence-electron chi connectivity index (χ0n) is 17.5. The molecule has 5 rings (SSSR count). The largest absolute Gasteiger partial charge is 0.394 e. The van der Waals surface area contributed by atoms with Crippen LogP contribution < -0.4 is 5.32 Å². The molecule has 2 aliphatic rings. The maximum atomic E-state index is 10.4. The summed E-state index contributed by atoms with van der Waals surface area (Å²) in [6, 6.07) is 10.2. The molecule has 3 heterocycles. The lowest BCUT2D eigenvalue weighted by molar-refractivity contribution is -0.0511. The van der Waals surface area contributed by atoms with Gasteiger partial charge in [-0.25, -0.2) is 15.0 Å². The minimum Gasteiger partial charge on any atom is -0.394 e. The SMILES string of the molecule is OC[C@H]1OC(n2cnc3c(N[C@H]4CCC[C@@H]4OCc4ccccc4)ncnc32)[C@H](O)[C@@H]1O. The Balaban J connectivity index is 1.33. The number of hydrogen-bond donors (Lipinski definition) is 4. The highest BCUT2D eigenvalue weighted by molar-refractivity contribution is 5.82. The molecular weight excluding hydrogens is 414 g/mol. The van der Waals surface area contributed by atoms with Gasteiger partial charge in [-0.05, 0) is 24.8 Å². The number of aliphatic hydroxyl groups excluding tert-OH is 3. The number of ether oxygens (including phenoxy) is 2. The van der Waals surface area contributed by atoms with E-state index in [-0.39, 0.29) is 12.1 Å². The zero-order valence-corrected chi connectivity index (χ0v) is 17.5. The van der Waals surface area contributed by atoms with Crippen LogP contribution in [0.4, 0.5) is 5.82 Å². The van der Waals surface area contributed by atoms with Crippen molar-refractivity contribution in [2.45, 2.75) is 62.6 Å². The average Bonchev–Trinajstić information content (AvgIpc) is 3.52. The third kappa shape index (κ3) is 3.96. The van der Waals surface area contributed by atoms with Crippen molar-refractivity contribution in [3.05, 3.63) is 48.5 Å². The minimum absolute atomic E-state index is 0.0581. The summed E-state index contributed by atoms with van der Waals surface area (Å²) >= 11 is 0. The number of hydrogen-bond acceptors (Lipinski definition) is 9. The van der Waals surface area contributed by atoms with E-state index in [9.17, 15) is 15.3 Å². The van der Waals surface area contributed by atoms with Crippen molar-refractivity contribution in [1.82, 2.24) is 19.5 Å². The second-order valence-electron chi connectivity index (χ2n) is 8.29. The van der Waals surface area contributed by atoms with Crippen LogP contribution in [0.3, 0.4) is 0 Å². The Morgan fingerprint density at radius 2 is 1.94 bits per heavy atom. The topological polar surface area (TPSA) is 135 Å². The molecule has 4 N–H and O–H groups in total. The normalized spacial score (nSPS) is 30.2. The molecule has 32 heavy (non-hydrogen) atoms. The highest BCUT2D eigenvalue weighted by Gasteiger charge is 2.44. The standard InChI is InChI=1S/C22H27N5O5/c28-9-16-18(29)19(30)22(32-16)27-12-25-17-20(23-11-24-21(17)27)26-14-7-4-8-15(14)31-10-13-5-2-1-3-6-13/h1-3,5-6,11-12,14-16,18-19,22,28-30H,4,7-10H2,(H,23,24,26)/t14-,15-,16+,18+,19+,22?/m0/s1. The first-order valence-electron chi connectivity index (χ1n) is 10.9. The first kappa shape index (κ1) is 21.2. The smallest absolute Gasteiger partial charge is 0.167 e. The Hall–Kier alpha value is -2.63. The molecule has 1 saturated carbocycles. The van der Waals surface area contributed by atoms with E-state index in [0.717, 1.165) is 24.8 Å². The lowest BCUT2D eigenvalue weighted by Gasteiger charge is -2.22. The van der Waals surface area contributed by atoms with Gasteiger partial charge >= 0.3 is 0 Å². The van der Waals surface area contributed by atoms with E-state index in [0.29, 0.717) is 23.6 Å². The second kappa shape index (κ2) is 9.08. The molecule has 6 atom stereocenters. The number of nitrogens with zero attached hydrogens (tertiary/aromatic N) is 4. The molecule has 1 aliphatic heterocycles. The van der Waals surface area contributed by atoms with Gasteiger partial charge in [0.15, 0.2) is 23.2 Å². The van der Waals surface area contributed by atoms with Crippen LogP contribution in [-0.4, -0.2) is 71.9 Å². The number of nitrogens with one attached hydrogen (secondary N) is 1. The highest BCUT2D eigenvalue weighted by atomic mass is 16.6. The Kier molecular flexibility index (Phi) is 6.03. The molecule has 3 aromatic rings. The number of aromatic nitrogens is 4. The summed E-state index contributed by atoms with van der Waals surface area (Å²) in [4.78, 5) is 13.1. The van der Waals surface area contributed by atoms with Gasteiger partial charge in [0.2, 0.25) is 0 Å². The van der Waals surface area contributed by atoms with Gasteiger partial charge in [0, 0.05) is 0 Å². The quantitative estimate of drug-likeness (QED) is 0.423. The number of fused-ring (bicyclic) bond motifs is 1. The van der Waals surface area contributed by atoms with Crippen LogP contribution in [0.1, 0.15) is 31.1 Å². The molecule has 2 fully saturated rings. The third-order valence-electron chi connectivity index (χ3n) is 6.23. The van der Waals surface area contributed by atoms with E-state index < -0.39 is 31.1 Å². The van der Waals surface area contributed by atoms with Crippen LogP contribution in [-0.2, 0) is 16.1 Å². The molecule has 0 radical (unpaired) electrons. The molecule has 10 heteroatoms. The van der Waals surface area contributed by atoms with Crippen molar-refractivity contribution in [3.63, 3.8) is 0 Å². The fourth-order valence-corrected chi connectivity index (χ4v) is 4.50. The van der Waals surface area contributed by atoms with E-state index in [1.807, 2.05) is 18.2 Å². The van der Waals surface area contributed by atoms with Gasteiger partial charge in [0.25, 0.3) is 0 Å². The average molecular weight is 441 g/mol. The van der Waals surface area contributed by atoms with Crippen LogP contribution in [0.2, 0.25) is 0 Å². The van der Waals surface area contributed by atoms with Crippen LogP contribution in [0.5, 0.6) is 0 Å². The molecule has 1 aromatic carbocycles. The Morgan fingerprint density at radius 1 is 1.09 bits per heavy atom. The van der Waals surface area contributed by atoms with Crippen LogP contribution in [0.15, 0.2) is 43.0 Å². The first-order valence-corrected chi connectivity index (χ1v) is 10.9. The van der Waals surface area contributed by atoms with E-state index in [1.54, 1.807) is 4.57 Å². The molecule has 0 bridgehead atoms. The van der Waals surface area contributed by atoms with E-state index in [1.165, 1.54) is 12.7 Å². The van der Waals surface area contributed by atoms with Gasteiger partial charge in [0.1, 0.15) is 24.6 Å². The monoisotopic (exact) mass is 441 g/mol. The highest BCUT2D eigenvalue weighted by Crippen LogP contribution is 2.33. The van der Waals surface area contributed by atoms with Crippen LogP contribution >= 0.6 is 0 Å². The summed E-state index contributed by atoms with van der Waals surface area (Å²) in [5.74, 6) is 0.584. The predicted octanol–water partition coefficient (Wildman–Crippen LogP) is 0.988. The second-order valence-corrected chi connectivity index (χ2v) is 8.29. The number of imidazole rings is 1. The lowest BCUT2D eigenvalue weighted by Crippen LogP contribution is -2.33. The number of aliphatic hydroxyl groups is 3. The summed E-state index contributed by atoms with van der Waals surface area (Å²) in [6.07, 6.45) is 1.81. The molecule has 0 amide bonds. The van der Waals surface area contributed by atoms with Crippen molar-refractivity contribution < 1.29 is 24.8 Å². The molecule has 170 valence electrons. The minimum atomic E-state index is -1.21. The third-order valence-corrected chi connectivity index (χ3v) is 6.23. The van der Waals surface area contributed by atoms with Gasteiger partial charge in [0.05, 0.1) is 31.7 Å². The number of rotatable bonds is 7. The summed E-state index contributed by atoms with van der Waals surface area (Å²) in [6.45, 7) is 0.165. The van der Waals surface area contributed by atoms with Gasteiger partial charge in [-0.3, -0.25) is 4.57 Å². The molecule has 2 aromatic heterocycles. The van der Waals surface area contributed by atoms with Crippen LogP contribution in [0, 0.1) is 0 Å². The molecule has 1 aliphatic carbocycles. The van der Waals surface area contributed by atoms with E-state index >= 15 is 0 Å². The molecule has 1 unspecified atom stereocenters. The Bertz CT molecular complexity index is 1050. The molecule has 1 saturated heterocycles. The fourth-order valence-electron chi connectivity index (χ4n) is 4.50. The summed E-state index contributed by atoms with van der Waals surface area (Å²) in [5.41, 5.74) is 2.15. The molecular formula is C22H27N5O5. The van der Waals surface area contributed by atoms with Gasteiger partial charge < -0.3 is 30.1 Å². The summed E-state index contributed by atoms with van der Waals surface area (Å²) in [5, 5.41) is 33.3. The van der Waals surface area contributed by atoms with Crippen molar-refractivity contribution >= 4 is 17.0 Å². The van der Waals surface area contributed by atoms with Crippen LogP contribution in [0.25, 0.3) is 11.2 Å². The predicted molar refractivity (Wildman–Crippen MR) is 115 cm³/mol. The number of benzene rings is 1. The van der Waals surface area contributed by atoms with Crippen molar-refractivity contribution in [1.29, 1.82) is 0 Å².